The molecular weight excluding hydrogens is 474 g/mol. The van der Waals surface area contributed by atoms with Crippen LogP contribution in [0, 0.1) is 17.0 Å². The van der Waals surface area contributed by atoms with E-state index >= 15 is 0 Å². The van der Waals surface area contributed by atoms with Gasteiger partial charge >= 0.3 is 0 Å². The number of benzene rings is 3. The van der Waals surface area contributed by atoms with Crippen molar-refractivity contribution in [2.45, 2.75) is 18.2 Å². The number of hydrogen-bond acceptors (Lipinski definition) is 7. The van der Waals surface area contributed by atoms with Crippen LogP contribution in [0.1, 0.15) is 21.5 Å². The quantitative estimate of drug-likeness (QED) is 0.321. The van der Waals surface area contributed by atoms with E-state index in [-0.39, 0.29) is 22.2 Å². The monoisotopic (exact) mass is 499 g/mol. The summed E-state index contributed by atoms with van der Waals surface area (Å²) >= 11 is 0. The van der Waals surface area contributed by atoms with E-state index in [9.17, 15) is 23.3 Å². The Labute approximate surface area is 203 Å². The molecule has 184 valence electrons. The van der Waals surface area contributed by atoms with Crippen molar-refractivity contribution in [2.75, 3.05) is 25.5 Å². The number of nitro groups is 1. The Morgan fingerprint density at radius 3 is 2.34 bits per heavy atom. The van der Waals surface area contributed by atoms with Gasteiger partial charge in [-0.2, -0.15) is 0 Å². The molecule has 0 spiro atoms. The second kappa shape index (κ2) is 10.9. The SMILES string of the molecule is COc1ccc(CCNC(=O)c2ccc(NS(=O)(=O)c3ccc(C)c([N+](=O)[O-])c3)cc2)c(OC)c1. The number of amides is 1. The zero-order valence-corrected chi connectivity index (χ0v) is 20.2. The van der Waals surface area contributed by atoms with Crippen molar-refractivity contribution in [1.29, 1.82) is 0 Å². The van der Waals surface area contributed by atoms with Crippen molar-refractivity contribution in [3.8, 4) is 11.5 Å². The van der Waals surface area contributed by atoms with Crippen LogP contribution in [0.5, 0.6) is 11.5 Å². The van der Waals surface area contributed by atoms with Crippen LogP contribution < -0.4 is 19.5 Å². The van der Waals surface area contributed by atoms with E-state index in [2.05, 4.69) is 10.0 Å². The third-order valence-corrected chi connectivity index (χ3v) is 6.64. The number of nitrogens with zero attached hydrogens (tertiary/aromatic N) is 1. The maximum absolute atomic E-state index is 12.6. The lowest BCUT2D eigenvalue weighted by molar-refractivity contribution is -0.385. The standard InChI is InChI=1S/C24H25N3O7S/c1-16-4-11-21(15-22(16)27(29)30)35(31,32)26-19-8-5-18(6-9-19)24(28)25-13-12-17-7-10-20(33-2)14-23(17)34-3/h4-11,14-15,26H,12-13H2,1-3H3,(H,25,28). The lowest BCUT2D eigenvalue weighted by Crippen LogP contribution is -2.25. The smallest absolute Gasteiger partial charge is 0.273 e. The number of aryl methyl sites for hydroxylation is 1. The molecule has 0 bridgehead atoms. The minimum Gasteiger partial charge on any atom is -0.497 e. The van der Waals surface area contributed by atoms with Gasteiger partial charge in [0.2, 0.25) is 0 Å². The molecule has 0 saturated carbocycles. The number of carbonyl (C=O) groups is 1. The molecule has 3 aromatic rings. The van der Waals surface area contributed by atoms with Crippen LogP contribution in [-0.4, -0.2) is 40.0 Å². The first-order chi connectivity index (χ1) is 16.6. The van der Waals surface area contributed by atoms with Gasteiger partial charge in [-0.25, -0.2) is 8.42 Å². The zero-order valence-electron chi connectivity index (χ0n) is 19.4. The van der Waals surface area contributed by atoms with Crippen LogP contribution in [0.2, 0.25) is 0 Å². The highest BCUT2D eigenvalue weighted by molar-refractivity contribution is 7.92. The molecule has 1 amide bonds. The lowest BCUT2D eigenvalue weighted by Gasteiger charge is -2.11. The van der Waals surface area contributed by atoms with E-state index in [1.165, 1.54) is 43.3 Å². The average Bonchev–Trinajstić information content (AvgIpc) is 2.84. The first-order valence-corrected chi connectivity index (χ1v) is 12.0. The summed E-state index contributed by atoms with van der Waals surface area (Å²) in [5.74, 6) is 1.01. The molecule has 0 saturated heterocycles. The number of rotatable bonds is 10. The highest BCUT2D eigenvalue weighted by Gasteiger charge is 2.20. The van der Waals surface area contributed by atoms with Crippen LogP contribution in [0.25, 0.3) is 0 Å². The molecule has 3 aromatic carbocycles. The van der Waals surface area contributed by atoms with Gasteiger partial charge < -0.3 is 14.8 Å². The van der Waals surface area contributed by atoms with Gasteiger partial charge in [-0.3, -0.25) is 19.6 Å². The molecular formula is C24H25N3O7S. The first-order valence-electron chi connectivity index (χ1n) is 10.5. The number of hydrogen-bond donors (Lipinski definition) is 2. The van der Waals surface area contributed by atoms with E-state index in [4.69, 9.17) is 9.47 Å². The number of sulfonamides is 1. The third kappa shape index (κ3) is 6.27. The van der Waals surface area contributed by atoms with Crippen LogP contribution in [0.4, 0.5) is 11.4 Å². The predicted octanol–water partition coefficient (Wildman–Crippen LogP) is 3.69. The molecule has 3 rings (SSSR count). The maximum atomic E-state index is 12.6. The van der Waals surface area contributed by atoms with Crippen molar-refractivity contribution in [1.82, 2.24) is 5.32 Å². The second-order valence-electron chi connectivity index (χ2n) is 7.57. The summed E-state index contributed by atoms with van der Waals surface area (Å²) in [5.41, 5.74) is 1.55. The Hall–Kier alpha value is -4.12. The van der Waals surface area contributed by atoms with Gasteiger partial charge in [0.25, 0.3) is 21.6 Å². The normalized spacial score (nSPS) is 10.9. The molecule has 0 aliphatic heterocycles. The Balaban J connectivity index is 1.62. The lowest BCUT2D eigenvalue weighted by atomic mass is 10.1. The summed E-state index contributed by atoms with van der Waals surface area (Å²) in [7, 11) is -0.920. The van der Waals surface area contributed by atoms with Gasteiger partial charge in [-0.1, -0.05) is 12.1 Å². The number of methoxy groups -OCH3 is 2. The summed E-state index contributed by atoms with van der Waals surface area (Å²) in [6, 6.07) is 15.0. The molecule has 0 fully saturated rings. The summed E-state index contributed by atoms with van der Waals surface area (Å²) in [4.78, 5) is 22.7. The van der Waals surface area contributed by atoms with Crippen molar-refractivity contribution in [2.24, 2.45) is 0 Å². The molecule has 0 unspecified atom stereocenters. The summed E-state index contributed by atoms with van der Waals surface area (Å²) in [6.45, 7) is 1.89. The van der Waals surface area contributed by atoms with E-state index in [1.54, 1.807) is 20.3 Å². The second-order valence-corrected chi connectivity index (χ2v) is 9.25. The largest absolute Gasteiger partial charge is 0.497 e. The van der Waals surface area contributed by atoms with Crippen molar-refractivity contribution in [3.63, 3.8) is 0 Å². The number of ether oxygens (including phenoxy) is 2. The number of anilines is 1. The van der Waals surface area contributed by atoms with Crippen molar-refractivity contribution < 1.29 is 27.6 Å². The molecule has 0 heterocycles. The fraction of sp³-hybridized carbons (Fsp3) is 0.208. The average molecular weight is 500 g/mol. The minimum atomic E-state index is -4.05. The molecule has 0 aliphatic rings. The Kier molecular flexibility index (Phi) is 7.92. The Bertz CT molecular complexity index is 1340. The number of nitrogens with one attached hydrogen (secondary N) is 2. The van der Waals surface area contributed by atoms with Crippen LogP contribution >= 0.6 is 0 Å². The molecule has 0 radical (unpaired) electrons. The fourth-order valence-electron chi connectivity index (χ4n) is 3.33. The summed E-state index contributed by atoms with van der Waals surface area (Å²) in [6.07, 6.45) is 0.541. The van der Waals surface area contributed by atoms with Crippen LogP contribution in [0.3, 0.4) is 0 Å². The van der Waals surface area contributed by atoms with Crippen molar-refractivity contribution >= 4 is 27.3 Å². The van der Waals surface area contributed by atoms with Crippen LogP contribution in [-0.2, 0) is 16.4 Å². The van der Waals surface area contributed by atoms with Gasteiger partial charge in [0.05, 0.1) is 24.0 Å². The van der Waals surface area contributed by atoms with Gasteiger partial charge in [0, 0.05) is 35.5 Å². The van der Waals surface area contributed by atoms with E-state index in [0.717, 1.165) is 11.6 Å². The third-order valence-electron chi connectivity index (χ3n) is 5.26. The zero-order chi connectivity index (χ0) is 25.6. The topological polar surface area (TPSA) is 137 Å². The molecule has 2 N–H and O–H groups in total. The maximum Gasteiger partial charge on any atom is 0.273 e. The molecule has 10 nitrogen and oxygen atoms in total. The molecule has 0 atom stereocenters. The minimum absolute atomic E-state index is 0.216. The van der Waals surface area contributed by atoms with E-state index in [0.29, 0.717) is 35.6 Å². The molecule has 11 heteroatoms. The Morgan fingerprint density at radius 1 is 1.00 bits per heavy atom. The summed E-state index contributed by atoms with van der Waals surface area (Å²) < 4.78 is 38.2. The van der Waals surface area contributed by atoms with Crippen LogP contribution in [0.15, 0.2) is 65.6 Å². The van der Waals surface area contributed by atoms with Gasteiger partial charge in [-0.15, -0.1) is 0 Å². The molecule has 0 aliphatic carbocycles. The fourth-order valence-corrected chi connectivity index (χ4v) is 4.41. The number of carbonyl (C=O) groups excluding carboxylic acids is 1. The first kappa shape index (κ1) is 25.5. The molecule has 0 aromatic heterocycles. The predicted molar refractivity (Wildman–Crippen MR) is 131 cm³/mol. The van der Waals surface area contributed by atoms with Gasteiger partial charge in [0.15, 0.2) is 0 Å². The van der Waals surface area contributed by atoms with Crippen molar-refractivity contribution in [3.05, 3.63) is 87.5 Å². The Morgan fingerprint density at radius 2 is 1.71 bits per heavy atom. The highest BCUT2D eigenvalue weighted by atomic mass is 32.2. The van der Waals surface area contributed by atoms with Gasteiger partial charge in [-0.05, 0) is 55.3 Å². The van der Waals surface area contributed by atoms with E-state index in [1.807, 2.05) is 12.1 Å². The molecule has 35 heavy (non-hydrogen) atoms. The highest BCUT2D eigenvalue weighted by Crippen LogP contribution is 2.25. The summed E-state index contributed by atoms with van der Waals surface area (Å²) in [5, 5.41) is 13.9. The van der Waals surface area contributed by atoms with Gasteiger partial charge in [0.1, 0.15) is 11.5 Å². The van der Waals surface area contributed by atoms with E-state index < -0.39 is 14.9 Å². The number of nitro benzene ring substituents is 1.